The fraction of sp³-hybridized carbons (Fsp3) is 0.625. The van der Waals surface area contributed by atoms with Gasteiger partial charge in [0.1, 0.15) is 6.10 Å². The number of aliphatic hydroxyl groups excluding tert-OH is 1. The van der Waals surface area contributed by atoms with Crippen molar-refractivity contribution in [3.8, 4) is 0 Å². The quantitative estimate of drug-likeness (QED) is 0.862. The molecule has 0 aliphatic rings. The van der Waals surface area contributed by atoms with Crippen LogP contribution in [-0.2, 0) is 11.2 Å². The summed E-state index contributed by atoms with van der Waals surface area (Å²) >= 11 is 0. The van der Waals surface area contributed by atoms with E-state index in [1.165, 1.54) is 5.56 Å². The second kappa shape index (κ2) is 6.35. The van der Waals surface area contributed by atoms with Crippen LogP contribution in [0.2, 0.25) is 0 Å². The van der Waals surface area contributed by atoms with Crippen LogP contribution in [0.3, 0.4) is 0 Å². The number of benzene rings is 1. The van der Waals surface area contributed by atoms with Crippen LogP contribution in [0.4, 0.5) is 0 Å². The first-order chi connectivity index (χ1) is 8.40. The Balaban J connectivity index is 2.90. The zero-order valence-corrected chi connectivity index (χ0v) is 12.2. The number of hydrogen-bond donors (Lipinski definition) is 1. The summed E-state index contributed by atoms with van der Waals surface area (Å²) in [5.74, 6) is 0. The van der Waals surface area contributed by atoms with Crippen molar-refractivity contribution < 1.29 is 9.84 Å². The summed E-state index contributed by atoms with van der Waals surface area (Å²) in [6, 6.07) is 8.15. The molecule has 0 spiro atoms. The minimum absolute atomic E-state index is 0.0845. The van der Waals surface area contributed by atoms with Gasteiger partial charge >= 0.3 is 0 Å². The van der Waals surface area contributed by atoms with Crippen molar-refractivity contribution in [3.63, 3.8) is 0 Å². The molecule has 102 valence electrons. The Morgan fingerprint density at radius 1 is 1.11 bits per heavy atom. The van der Waals surface area contributed by atoms with Crippen LogP contribution >= 0.6 is 0 Å². The molecule has 0 heterocycles. The minimum Gasteiger partial charge on any atom is -0.386 e. The van der Waals surface area contributed by atoms with E-state index in [1.54, 1.807) is 0 Å². The summed E-state index contributed by atoms with van der Waals surface area (Å²) in [4.78, 5) is 0. The van der Waals surface area contributed by atoms with Crippen molar-refractivity contribution in [2.24, 2.45) is 5.41 Å². The molecule has 2 nitrogen and oxygen atoms in total. The molecule has 18 heavy (non-hydrogen) atoms. The van der Waals surface area contributed by atoms with Gasteiger partial charge in [0.2, 0.25) is 0 Å². The Bertz CT molecular complexity index is 348. The largest absolute Gasteiger partial charge is 0.386 e. The van der Waals surface area contributed by atoms with E-state index in [0.717, 1.165) is 12.0 Å². The second-order valence-corrected chi connectivity index (χ2v) is 5.78. The van der Waals surface area contributed by atoms with Crippen LogP contribution in [-0.4, -0.2) is 17.8 Å². The summed E-state index contributed by atoms with van der Waals surface area (Å²) in [6.45, 7) is 11.0. The van der Waals surface area contributed by atoms with Gasteiger partial charge in [0.05, 0.1) is 6.10 Å². The van der Waals surface area contributed by atoms with Gasteiger partial charge in [-0.05, 0) is 29.9 Å². The summed E-state index contributed by atoms with van der Waals surface area (Å²) in [5.41, 5.74) is 2.13. The van der Waals surface area contributed by atoms with Crippen molar-refractivity contribution in [2.75, 3.05) is 6.61 Å². The fourth-order valence-corrected chi connectivity index (χ4v) is 2.12. The number of aliphatic hydroxyl groups is 1. The molecule has 1 N–H and O–H groups in total. The van der Waals surface area contributed by atoms with E-state index in [0.29, 0.717) is 6.61 Å². The number of hydrogen-bond acceptors (Lipinski definition) is 2. The normalized spacial score (nSPS) is 15.4. The molecule has 1 rings (SSSR count). The Kier molecular flexibility index (Phi) is 5.36. The zero-order valence-electron chi connectivity index (χ0n) is 12.2. The van der Waals surface area contributed by atoms with Crippen LogP contribution in [0.1, 0.15) is 51.8 Å². The van der Waals surface area contributed by atoms with Gasteiger partial charge in [-0.1, -0.05) is 52.0 Å². The molecule has 0 aliphatic carbocycles. The highest BCUT2D eigenvalue weighted by Gasteiger charge is 2.32. The summed E-state index contributed by atoms with van der Waals surface area (Å²) < 4.78 is 5.73. The van der Waals surface area contributed by atoms with E-state index < -0.39 is 6.10 Å². The molecule has 0 aromatic heterocycles. The lowest BCUT2D eigenvalue weighted by atomic mass is 9.83. The lowest BCUT2D eigenvalue weighted by Gasteiger charge is -2.34. The number of rotatable bonds is 5. The van der Waals surface area contributed by atoms with Crippen LogP contribution in [0, 0.1) is 5.41 Å². The van der Waals surface area contributed by atoms with E-state index in [-0.39, 0.29) is 11.5 Å². The van der Waals surface area contributed by atoms with E-state index in [9.17, 15) is 5.11 Å². The molecule has 0 aliphatic heterocycles. The minimum atomic E-state index is -0.573. The van der Waals surface area contributed by atoms with E-state index in [4.69, 9.17) is 4.74 Å². The van der Waals surface area contributed by atoms with Crippen molar-refractivity contribution in [2.45, 2.75) is 53.2 Å². The molecule has 0 saturated heterocycles. The lowest BCUT2D eigenvalue weighted by Crippen LogP contribution is -2.35. The molecule has 2 atom stereocenters. The second-order valence-electron chi connectivity index (χ2n) is 5.78. The standard InChI is InChI=1S/C16H26O2/c1-6-12-8-10-13(11-9-12)14(17)15(18-7-2)16(3,4)5/h8-11,14-15,17H,6-7H2,1-5H3. The highest BCUT2D eigenvalue weighted by atomic mass is 16.5. The first-order valence-corrected chi connectivity index (χ1v) is 6.78. The van der Waals surface area contributed by atoms with Gasteiger partial charge in [-0.25, -0.2) is 0 Å². The van der Waals surface area contributed by atoms with Gasteiger partial charge in [-0.15, -0.1) is 0 Å². The van der Waals surface area contributed by atoms with Crippen LogP contribution in [0.5, 0.6) is 0 Å². The van der Waals surface area contributed by atoms with Gasteiger partial charge in [-0.2, -0.15) is 0 Å². The third kappa shape index (κ3) is 3.82. The van der Waals surface area contributed by atoms with Crippen molar-refractivity contribution in [3.05, 3.63) is 35.4 Å². The summed E-state index contributed by atoms with van der Waals surface area (Å²) in [5, 5.41) is 10.5. The Morgan fingerprint density at radius 2 is 1.67 bits per heavy atom. The van der Waals surface area contributed by atoms with Crippen LogP contribution < -0.4 is 0 Å². The van der Waals surface area contributed by atoms with Gasteiger partial charge in [0.15, 0.2) is 0 Å². The van der Waals surface area contributed by atoms with Gasteiger partial charge in [0.25, 0.3) is 0 Å². The molecule has 1 aromatic carbocycles. The fourth-order valence-electron chi connectivity index (χ4n) is 2.12. The molecule has 0 bridgehead atoms. The molecular formula is C16H26O2. The molecule has 0 radical (unpaired) electrons. The van der Waals surface area contributed by atoms with E-state index in [1.807, 2.05) is 19.1 Å². The maximum absolute atomic E-state index is 10.5. The van der Waals surface area contributed by atoms with Crippen molar-refractivity contribution >= 4 is 0 Å². The molecule has 2 unspecified atom stereocenters. The molecule has 0 amide bonds. The van der Waals surface area contributed by atoms with Gasteiger partial charge < -0.3 is 9.84 Å². The summed E-state index contributed by atoms with van der Waals surface area (Å²) in [7, 11) is 0. The van der Waals surface area contributed by atoms with Crippen molar-refractivity contribution in [1.29, 1.82) is 0 Å². The highest BCUT2D eigenvalue weighted by molar-refractivity contribution is 5.25. The number of aryl methyl sites for hydroxylation is 1. The average Bonchev–Trinajstić information content (AvgIpc) is 2.34. The summed E-state index contributed by atoms with van der Waals surface area (Å²) in [6.07, 6.45) is 0.260. The van der Waals surface area contributed by atoms with E-state index >= 15 is 0 Å². The van der Waals surface area contributed by atoms with E-state index in [2.05, 4.69) is 39.8 Å². The third-order valence-corrected chi connectivity index (χ3v) is 3.22. The topological polar surface area (TPSA) is 29.5 Å². The maximum Gasteiger partial charge on any atom is 0.106 e. The predicted molar refractivity (Wildman–Crippen MR) is 75.6 cm³/mol. The average molecular weight is 250 g/mol. The molecular weight excluding hydrogens is 224 g/mol. The predicted octanol–water partition coefficient (Wildman–Crippen LogP) is 3.73. The Hall–Kier alpha value is -0.860. The first-order valence-electron chi connectivity index (χ1n) is 6.78. The Morgan fingerprint density at radius 3 is 2.06 bits per heavy atom. The third-order valence-electron chi connectivity index (χ3n) is 3.22. The molecule has 0 fully saturated rings. The smallest absolute Gasteiger partial charge is 0.106 e. The molecule has 1 aromatic rings. The van der Waals surface area contributed by atoms with Crippen molar-refractivity contribution in [1.82, 2.24) is 0 Å². The Labute approximate surface area is 111 Å². The highest BCUT2D eigenvalue weighted by Crippen LogP contribution is 2.32. The molecule has 2 heteroatoms. The zero-order chi connectivity index (χ0) is 13.8. The van der Waals surface area contributed by atoms with Gasteiger partial charge in [-0.3, -0.25) is 0 Å². The molecule has 0 saturated carbocycles. The first kappa shape index (κ1) is 15.2. The monoisotopic (exact) mass is 250 g/mol. The maximum atomic E-state index is 10.5. The van der Waals surface area contributed by atoms with Crippen LogP contribution in [0.15, 0.2) is 24.3 Å². The lowest BCUT2D eigenvalue weighted by molar-refractivity contribution is -0.0898. The van der Waals surface area contributed by atoms with Gasteiger partial charge in [0, 0.05) is 6.61 Å². The van der Waals surface area contributed by atoms with Crippen LogP contribution in [0.25, 0.3) is 0 Å². The number of ether oxygens (including phenoxy) is 1. The SMILES string of the molecule is CCOC(C(O)c1ccc(CC)cc1)C(C)(C)C.